The first kappa shape index (κ1) is 12.4. The van der Waals surface area contributed by atoms with Crippen molar-refractivity contribution in [2.24, 2.45) is 0 Å². The van der Waals surface area contributed by atoms with Gasteiger partial charge in [0.2, 0.25) is 0 Å². The quantitative estimate of drug-likeness (QED) is 0.881. The number of pyridine rings is 2. The number of aromatic hydroxyl groups is 1. The molecule has 0 unspecified atom stereocenters. The summed E-state index contributed by atoms with van der Waals surface area (Å²) in [5.74, 6) is 1.92. The molecule has 0 spiro atoms. The first-order valence-electron chi connectivity index (χ1n) is 5.84. The van der Waals surface area contributed by atoms with Crippen molar-refractivity contribution in [1.29, 1.82) is 0 Å². The average molecular weight is 243 g/mol. The maximum atomic E-state index is 9.87. The largest absolute Gasteiger partial charge is 0.506 e. The van der Waals surface area contributed by atoms with Crippen LogP contribution < -0.4 is 4.90 Å². The number of aryl methyl sites for hydroxylation is 1. The SMILES string of the molecule is Cc1nc(N(C)c2ccccn2)c(C)c(C)c1O. The molecule has 2 heterocycles. The molecule has 2 rings (SSSR count). The molecule has 2 aromatic heterocycles. The van der Waals surface area contributed by atoms with E-state index >= 15 is 0 Å². The molecular weight excluding hydrogens is 226 g/mol. The second-order valence-electron chi connectivity index (χ2n) is 4.37. The molecule has 2 aromatic rings. The van der Waals surface area contributed by atoms with E-state index in [-0.39, 0.29) is 5.75 Å². The Balaban J connectivity index is 2.52. The monoisotopic (exact) mass is 243 g/mol. The summed E-state index contributed by atoms with van der Waals surface area (Å²) in [7, 11) is 1.92. The molecule has 0 saturated heterocycles. The van der Waals surface area contributed by atoms with Gasteiger partial charge >= 0.3 is 0 Å². The Kier molecular flexibility index (Phi) is 3.19. The van der Waals surface area contributed by atoms with Gasteiger partial charge in [-0.25, -0.2) is 9.97 Å². The second kappa shape index (κ2) is 4.64. The van der Waals surface area contributed by atoms with Gasteiger partial charge in [0.15, 0.2) is 0 Å². The zero-order chi connectivity index (χ0) is 13.3. The van der Waals surface area contributed by atoms with Crippen LogP contribution in [0, 0.1) is 20.8 Å². The van der Waals surface area contributed by atoms with Gasteiger partial charge in [-0.15, -0.1) is 0 Å². The second-order valence-corrected chi connectivity index (χ2v) is 4.37. The van der Waals surface area contributed by atoms with E-state index in [9.17, 15) is 5.11 Å². The Morgan fingerprint density at radius 1 is 1.11 bits per heavy atom. The number of hydrogen-bond donors (Lipinski definition) is 1. The molecule has 4 nitrogen and oxygen atoms in total. The predicted octanol–water partition coefficient (Wildman–Crippen LogP) is 2.88. The molecule has 18 heavy (non-hydrogen) atoms. The van der Waals surface area contributed by atoms with Crippen LogP contribution in [0.5, 0.6) is 5.75 Å². The number of aromatic nitrogens is 2. The van der Waals surface area contributed by atoms with E-state index in [2.05, 4.69) is 9.97 Å². The maximum Gasteiger partial charge on any atom is 0.140 e. The van der Waals surface area contributed by atoms with E-state index in [0.29, 0.717) is 5.69 Å². The van der Waals surface area contributed by atoms with Crippen LogP contribution >= 0.6 is 0 Å². The van der Waals surface area contributed by atoms with Crippen LogP contribution in [0.4, 0.5) is 11.6 Å². The molecule has 0 saturated carbocycles. The van der Waals surface area contributed by atoms with E-state index < -0.39 is 0 Å². The third kappa shape index (κ3) is 2.01. The van der Waals surface area contributed by atoms with Crippen LogP contribution in [-0.4, -0.2) is 22.1 Å². The number of anilines is 2. The van der Waals surface area contributed by atoms with E-state index in [1.807, 2.05) is 44.0 Å². The van der Waals surface area contributed by atoms with Gasteiger partial charge in [-0.1, -0.05) is 6.07 Å². The lowest BCUT2D eigenvalue weighted by atomic mass is 10.1. The number of hydrogen-bond acceptors (Lipinski definition) is 4. The van der Waals surface area contributed by atoms with Gasteiger partial charge in [0.1, 0.15) is 17.4 Å². The molecule has 0 aromatic carbocycles. The van der Waals surface area contributed by atoms with Crippen LogP contribution in [0.2, 0.25) is 0 Å². The lowest BCUT2D eigenvalue weighted by Gasteiger charge is -2.21. The third-order valence-corrected chi connectivity index (χ3v) is 3.18. The standard InChI is InChI=1S/C14H17N3O/c1-9-10(2)14(16-11(3)13(9)18)17(4)12-7-5-6-8-15-12/h5-8,18H,1-4H3. The van der Waals surface area contributed by atoms with Gasteiger partial charge < -0.3 is 10.0 Å². The number of rotatable bonds is 2. The lowest BCUT2D eigenvalue weighted by Crippen LogP contribution is -2.15. The smallest absolute Gasteiger partial charge is 0.140 e. The average Bonchev–Trinajstić information content (AvgIpc) is 2.41. The van der Waals surface area contributed by atoms with Crippen molar-refractivity contribution in [2.75, 3.05) is 11.9 Å². The molecule has 4 heteroatoms. The fourth-order valence-corrected chi connectivity index (χ4v) is 1.90. The molecule has 0 fully saturated rings. The summed E-state index contributed by atoms with van der Waals surface area (Å²) in [5, 5.41) is 9.87. The van der Waals surface area contributed by atoms with Gasteiger partial charge in [0.05, 0.1) is 5.69 Å². The lowest BCUT2D eigenvalue weighted by molar-refractivity contribution is 0.462. The summed E-state index contributed by atoms with van der Waals surface area (Å²) in [6.45, 7) is 5.66. The highest BCUT2D eigenvalue weighted by molar-refractivity contribution is 5.62. The summed E-state index contributed by atoms with van der Waals surface area (Å²) in [6.07, 6.45) is 1.75. The Morgan fingerprint density at radius 3 is 2.44 bits per heavy atom. The zero-order valence-corrected chi connectivity index (χ0v) is 11.1. The van der Waals surface area contributed by atoms with Crippen molar-refractivity contribution < 1.29 is 5.11 Å². The summed E-state index contributed by atoms with van der Waals surface area (Å²) in [6, 6.07) is 5.75. The fourth-order valence-electron chi connectivity index (χ4n) is 1.90. The molecule has 0 aliphatic carbocycles. The highest BCUT2D eigenvalue weighted by Crippen LogP contribution is 2.31. The Hall–Kier alpha value is -2.10. The van der Waals surface area contributed by atoms with Crippen molar-refractivity contribution in [3.8, 4) is 5.75 Å². The van der Waals surface area contributed by atoms with Crippen LogP contribution in [0.1, 0.15) is 16.8 Å². The number of nitrogens with zero attached hydrogens (tertiary/aromatic N) is 3. The third-order valence-electron chi connectivity index (χ3n) is 3.18. The van der Waals surface area contributed by atoms with Crippen molar-refractivity contribution in [3.63, 3.8) is 0 Å². The van der Waals surface area contributed by atoms with Gasteiger partial charge in [-0.3, -0.25) is 0 Å². The maximum absolute atomic E-state index is 9.87. The first-order chi connectivity index (χ1) is 8.52. The zero-order valence-electron chi connectivity index (χ0n) is 11.1. The van der Waals surface area contributed by atoms with E-state index in [4.69, 9.17) is 0 Å². The Bertz CT molecular complexity index is 567. The van der Waals surface area contributed by atoms with Crippen LogP contribution in [-0.2, 0) is 0 Å². The molecule has 0 atom stereocenters. The molecule has 0 aliphatic rings. The minimum atomic E-state index is 0.269. The minimum absolute atomic E-state index is 0.269. The molecule has 0 bridgehead atoms. The molecule has 0 radical (unpaired) electrons. The van der Waals surface area contributed by atoms with Crippen molar-refractivity contribution >= 4 is 11.6 Å². The van der Waals surface area contributed by atoms with Crippen molar-refractivity contribution in [1.82, 2.24) is 9.97 Å². The minimum Gasteiger partial charge on any atom is -0.506 e. The highest BCUT2D eigenvalue weighted by Gasteiger charge is 2.15. The fraction of sp³-hybridized carbons (Fsp3) is 0.286. The topological polar surface area (TPSA) is 49.2 Å². The molecular formula is C14H17N3O. The van der Waals surface area contributed by atoms with Gasteiger partial charge in [0.25, 0.3) is 0 Å². The summed E-state index contributed by atoms with van der Waals surface area (Å²) in [4.78, 5) is 10.7. The summed E-state index contributed by atoms with van der Waals surface area (Å²) in [5.41, 5.74) is 2.46. The molecule has 1 N–H and O–H groups in total. The molecule has 0 aliphatic heterocycles. The van der Waals surface area contributed by atoms with Gasteiger partial charge in [-0.05, 0) is 44.0 Å². The van der Waals surface area contributed by atoms with Crippen molar-refractivity contribution in [3.05, 3.63) is 41.2 Å². The highest BCUT2D eigenvalue weighted by atomic mass is 16.3. The van der Waals surface area contributed by atoms with E-state index in [0.717, 1.165) is 22.8 Å². The van der Waals surface area contributed by atoms with E-state index in [1.54, 1.807) is 13.1 Å². The van der Waals surface area contributed by atoms with Crippen LogP contribution in [0.15, 0.2) is 24.4 Å². The van der Waals surface area contributed by atoms with Crippen LogP contribution in [0.3, 0.4) is 0 Å². The predicted molar refractivity (Wildman–Crippen MR) is 72.4 cm³/mol. The van der Waals surface area contributed by atoms with E-state index in [1.165, 1.54) is 0 Å². The van der Waals surface area contributed by atoms with Crippen molar-refractivity contribution in [2.45, 2.75) is 20.8 Å². The Morgan fingerprint density at radius 2 is 1.83 bits per heavy atom. The normalized spacial score (nSPS) is 10.4. The summed E-state index contributed by atoms with van der Waals surface area (Å²) >= 11 is 0. The van der Waals surface area contributed by atoms with Crippen LogP contribution in [0.25, 0.3) is 0 Å². The molecule has 94 valence electrons. The first-order valence-corrected chi connectivity index (χ1v) is 5.84. The summed E-state index contributed by atoms with van der Waals surface area (Å²) < 4.78 is 0. The Labute approximate surface area is 107 Å². The molecule has 0 amide bonds. The van der Waals surface area contributed by atoms with Gasteiger partial charge in [0, 0.05) is 13.2 Å². The van der Waals surface area contributed by atoms with Gasteiger partial charge in [-0.2, -0.15) is 0 Å².